The summed E-state index contributed by atoms with van der Waals surface area (Å²) in [6.45, 7) is 5.31. The molecule has 2 nitrogen and oxygen atoms in total. The first-order valence-electron chi connectivity index (χ1n) is 6.26. The van der Waals surface area contributed by atoms with Crippen LogP contribution in [-0.4, -0.2) is 24.5 Å². The van der Waals surface area contributed by atoms with E-state index in [0.29, 0.717) is 12.1 Å². The van der Waals surface area contributed by atoms with Crippen molar-refractivity contribution in [3.63, 3.8) is 0 Å². The molecule has 96 valence electrons. The minimum Gasteiger partial charge on any atom is -0.328 e. The van der Waals surface area contributed by atoms with E-state index in [1.807, 2.05) is 18.2 Å². The van der Waals surface area contributed by atoms with E-state index in [-0.39, 0.29) is 0 Å². The maximum atomic E-state index is 6.20. The van der Waals surface area contributed by atoms with Gasteiger partial charge in [0.2, 0.25) is 0 Å². The van der Waals surface area contributed by atoms with Crippen LogP contribution in [0.2, 0.25) is 5.02 Å². The Morgan fingerprint density at radius 2 is 2.00 bits per heavy atom. The first-order valence-corrected chi connectivity index (χ1v) is 6.64. The lowest BCUT2D eigenvalue weighted by molar-refractivity contribution is 0.250. The molecule has 0 bridgehead atoms. The van der Waals surface area contributed by atoms with Gasteiger partial charge in [-0.1, -0.05) is 36.7 Å². The summed E-state index contributed by atoms with van der Waals surface area (Å²) in [5.74, 6) is 0. The Balaban J connectivity index is 2.58. The first kappa shape index (κ1) is 14.5. The highest BCUT2D eigenvalue weighted by atomic mass is 35.5. The Bertz CT molecular complexity index is 341. The summed E-state index contributed by atoms with van der Waals surface area (Å²) in [6.07, 6.45) is 2.07. The summed E-state index contributed by atoms with van der Waals surface area (Å²) in [4.78, 5) is 2.30. The van der Waals surface area contributed by atoms with Crippen LogP contribution in [0.15, 0.2) is 24.3 Å². The Hall–Kier alpha value is -0.570. The third-order valence-corrected chi connectivity index (χ3v) is 3.74. The van der Waals surface area contributed by atoms with Gasteiger partial charge >= 0.3 is 0 Å². The zero-order valence-electron chi connectivity index (χ0n) is 11.0. The molecular formula is C14H23ClN2. The molecule has 0 aliphatic carbocycles. The predicted octanol–water partition coefficient (Wildman–Crippen LogP) is 3.46. The molecule has 2 atom stereocenters. The molecule has 0 fully saturated rings. The van der Waals surface area contributed by atoms with Crippen molar-refractivity contribution in [3.8, 4) is 0 Å². The van der Waals surface area contributed by atoms with Crippen molar-refractivity contribution in [1.29, 1.82) is 0 Å². The molecule has 3 heteroatoms. The van der Waals surface area contributed by atoms with Gasteiger partial charge < -0.3 is 5.73 Å². The maximum Gasteiger partial charge on any atom is 0.0453 e. The molecule has 17 heavy (non-hydrogen) atoms. The van der Waals surface area contributed by atoms with Crippen LogP contribution in [0.25, 0.3) is 0 Å². The van der Waals surface area contributed by atoms with Gasteiger partial charge in [0.05, 0.1) is 0 Å². The molecule has 0 spiro atoms. The van der Waals surface area contributed by atoms with Crippen molar-refractivity contribution in [2.75, 3.05) is 13.6 Å². The van der Waals surface area contributed by atoms with Gasteiger partial charge in [0.25, 0.3) is 0 Å². The minimum absolute atomic E-state index is 0.302. The van der Waals surface area contributed by atoms with Crippen molar-refractivity contribution in [2.24, 2.45) is 5.73 Å². The fourth-order valence-corrected chi connectivity index (χ4v) is 2.11. The zero-order chi connectivity index (χ0) is 12.8. The summed E-state index contributed by atoms with van der Waals surface area (Å²) in [6, 6.07) is 8.65. The van der Waals surface area contributed by atoms with Gasteiger partial charge in [-0.2, -0.15) is 0 Å². The Labute approximate surface area is 110 Å². The van der Waals surface area contributed by atoms with Crippen LogP contribution in [-0.2, 0) is 0 Å². The molecule has 0 aliphatic heterocycles. The largest absolute Gasteiger partial charge is 0.328 e. The molecule has 1 rings (SSSR count). The molecule has 0 radical (unpaired) electrons. The SMILES string of the molecule is CCC(N)CCN(C)C(C)c1ccccc1Cl. The van der Waals surface area contributed by atoms with E-state index in [9.17, 15) is 0 Å². The van der Waals surface area contributed by atoms with E-state index in [1.54, 1.807) is 0 Å². The minimum atomic E-state index is 0.302. The van der Waals surface area contributed by atoms with Crippen LogP contribution in [0.4, 0.5) is 0 Å². The lowest BCUT2D eigenvalue weighted by atomic mass is 10.1. The number of hydrogen-bond donors (Lipinski definition) is 1. The highest BCUT2D eigenvalue weighted by molar-refractivity contribution is 6.31. The number of halogens is 1. The topological polar surface area (TPSA) is 29.3 Å². The van der Waals surface area contributed by atoms with E-state index in [0.717, 1.165) is 24.4 Å². The first-order chi connectivity index (χ1) is 8.06. The Morgan fingerprint density at radius 3 is 2.59 bits per heavy atom. The molecule has 0 aliphatic rings. The smallest absolute Gasteiger partial charge is 0.0453 e. The molecule has 1 aromatic carbocycles. The van der Waals surface area contributed by atoms with Crippen LogP contribution >= 0.6 is 11.6 Å². The summed E-state index contributed by atoms with van der Waals surface area (Å²) < 4.78 is 0. The van der Waals surface area contributed by atoms with Crippen molar-refractivity contribution >= 4 is 11.6 Å². The molecule has 0 heterocycles. The maximum absolute atomic E-state index is 6.20. The van der Waals surface area contributed by atoms with E-state index in [1.165, 1.54) is 5.56 Å². The molecular weight excluding hydrogens is 232 g/mol. The number of hydrogen-bond acceptors (Lipinski definition) is 2. The summed E-state index contributed by atoms with van der Waals surface area (Å²) >= 11 is 6.20. The normalized spacial score (nSPS) is 14.9. The van der Waals surface area contributed by atoms with Gasteiger partial charge in [-0.25, -0.2) is 0 Å². The number of nitrogens with two attached hydrogens (primary N) is 1. The van der Waals surface area contributed by atoms with Gasteiger partial charge in [-0.15, -0.1) is 0 Å². The van der Waals surface area contributed by atoms with Gasteiger partial charge in [0.15, 0.2) is 0 Å². The molecule has 2 unspecified atom stereocenters. The lowest BCUT2D eigenvalue weighted by Gasteiger charge is -2.26. The predicted molar refractivity (Wildman–Crippen MR) is 75.4 cm³/mol. The Morgan fingerprint density at radius 1 is 1.35 bits per heavy atom. The molecule has 0 saturated carbocycles. The fraction of sp³-hybridized carbons (Fsp3) is 0.571. The van der Waals surface area contributed by atoms with Crippen LogP contribution in [0.5, 0.6) is 0 Å². The van der Waals surface area contributed by atoms with E-state index < -0.39 is 0 Å². The number of rotatable bonds is 6. The van der Waals surface area contributed by atoms with Crippen molar-refractivity contribution < 1.29 is 0 Å². The van der Waals surface area contributed by atoms with E-state index >= 15 is 0 Å². The second-order valence-corrected chi connectivity index (χ2v) is 5.04. The summed E-state index contributed by atoms with van der Waals surface area (Å²) in [5, 5.41) is 0.839. The highest BCUT2D eigenvalue weighted by Crippen LogP contribution is 2.26. The van der Waals surface area contributed by atoms with Crippen molar-refractivity contribution in [3.05, 3.63) is 34.9 Å². The zero-order valence-corrected chi connectivity index (χ0v) is 11.7. The second-order valence-electron chi connectivity index (χ2n) is 4.64. The van der Waals surface area contributed by atoms with Gasteiger partial charge in [0, 0.05) is 17.1 Å². The standard InChI is InChI=1S/C14H23ClN2/c1-4-12(16)9-10-17(3)11(2)13-7-5-6-8-14(13)15/h5-8,11-12H,4,9-10,16H2,1-3H3. The molecule has 0 saturated heterocycles. The number of nitrogens with zero attached hydrogens (tertiary/aromatic N) is 1. The van der Waals surface area contributed by atoms with Crippen LogP contribution < -0.4 is 5.73 Å². The molecule has 2 N–H and O–H groups in total. The average Bonchev–Trinajstić information content (AvgIpc) is 2.35. The third kappa shape index (κ3) is 4.30. The average molecular weight is 255 g/mol. The quantitative estimate of drug-likeness (QED) is 0.843. The fourth-order valence-electron chi connectivity index (χ4n) is 1.82. The molecule has 0 amide bonds. The van der Waals surface area contributed by atoms with Gasteiger partial charge in [-0.3, -0.25) is 4.90 Å². The highest BCUT2D eigenvalue weighted by Gasteiger charge is 2.14. The van der Waals surface area contributed by atoms with Gasteiger partial charge in [-0.05, 0) is 45.0 Å². The van der Waals surface area contributed by atoms with Crippen molar-refractivity contribution in [1.82, 2.24) is 4.90 Å². The summed E-state index contributed by atoms with van der Waals surface area (Å²) in [7, 11) is 2.12. The molecule has 1 aromatic rings. The monoisotopic (exact) mass is 254 g/mol. The van der Waals surface area contributed by atoms with E-state index in [2.05, 4.69) is 31.9 Å². The van der Waals surface area contributed by atoms with Crippen LogP contribution in [0.1, 0.15) is 38.3 Å². The lowest BCUT2D eigenvalue weighted by Crippen LogP contribution is -2.29. The summed E-state index contributed by atoms with van der Waals surface area (Å²) in [5.41, 5.74) is 7.12. The Kier molecular flexibility index (Phi) is 5.96. The second kappa shape index (κ2) is 7.00. The van der Waals surface area contributed by atoms with Crippen molar-refractivity contribution in [2.45, 2.75) is 38.8 Å². The van der Waals surface area contributed by atoms with Gasteiger partial charge in [0.1, 0.15) is 0 Å². The molecule has 0 aromatic heterocycles. The van der Waals surface area contributed by atoms with Crippen LogP contribution in [0, 0.1) is 0 Å². The van der Waals surface area contributed by atoms with Crippen LogP contribution in [0.3, 0.4) is 0 Å². The van der Waals surface area contributed by atoms with E-state index in [4.69, 9.17) is 17.3 Å². The third-order valence-electron chi connectivity index (χ3n) is 3.39. The number of benzene rings is 1.